The quantitative estimate of drug-likeness (QED) is 0.561. The van der Waals surface area contributed by atoms with Gasteiger partial charge in [0.05, 0.1) is 17.6 Å². The Kier molecular flexibility index (Phi) is 3.34. The molecule has 0 spiro atoms. The van der Waals surface area contributed by atoms with Crippen LogP contribution in [0.25, 0.3) is 0 Å². The monoisotopic (exact) mass is 331 g/mol. The molecule has 3 aromatic rings. The molecule has 1 aliphatic heterocycles. The molecule has 2 aliphatic rings. The molecule has 1 aliphatic carbocycles. The molecule has 0 amide bonds. The van der Waals surface area contributed by atoms with Crippen LogP contribution < -0.4 is 9.64 Å². The minimum Gasteiger partial charge on any atom is -0.483 e. The molecule has 0 saturated carbocycles. The molecule has 0 unspecified atom stereocenters. The molecule has 5 rings (SSSR count). The van der Waals surface area contributed by atoms with E-state index in [0.29, 0.717) is 6.61 Å². The van der Waals surface area contributed by atoms with Crippen LogP contribution >= 0.6 is 0 Å². The largest absolute Gasteiger partial charge is 0.483 e. The molecule has 2 aromatic carbocycles. The first-order valence-electron chi connectivity index (χ1n) is 9.02. The van der Waals surface area contributed by atoms with E-state index < -0.39 is 0 Å². The van der Waals surface area contributed by atoms with E-state index in [4.69, 9.17) is 9.15 Å². The van der Waals surface area contributed by atoms with Gasteiger partial charge >= 0.3 is 0 Å². The van der Waals surface area contributed by atoms with Crippen LogP contribution in [-0.4, -0.2) is 0 Å². The summed E-state index contributed by atoms with van der Waals surface area (Å²) in [4.78, 5) is 2.25. The number of ether oxygens (including phenoxy) is 1. The van der Waals surface area contributed by atoms with Crippen molar-refractivity contribution >= 4 is 17.3 Å². The summed E-state index contributed by atoms with van der Waals surface area (Å²) in [7, 11) is 0. The van der Waals surface area contributed by atoms with Crippen LogP contribution in [0.5, 0.6) is 5.75 Å². The first-order valence-corrected chi connectivity index (χ1v) is 9.02. The van der Waals surface area contributed by atoms with Gasteiger partial charge in [-0.3, -0.25) is 4.90 Å². The predicted octanol–water partition coefficient (Wildman–Crippen LogP) is 5.83. The number of para-hydroxylation sites is 1. The van der Waals surface area contributed by atoms with Gasteiger partial charge in [-0.25, -0.2) is 0 Å². The summed E-state index contributed by atoms with van der Waals surface area (Å²) >= 11 is 0. The van der Waals surface area contributed by atoms with Crippen molar-refractivity contribution in [1.29, 1.82) is 0 Å². The second kappa shape index (κ2) is 5.69. The first kappa shape index (κ1) is 14.6. The molecular formula is C22H21NO2. The second-order valence-electron chi connectivity index (χ2n) is 6.91. The lowest BCUT2D eigenvalue weighted by atomic mass is 9.87. The minimum atomic E-state index is 0.563. The third-order valence-electron chi connectivity index (χ3n) is 5.41. The van der Waals surface area contributed by atoms with Crippen molar-refractivity contribution in [2.75, 3.05) is 4.90 Å². The van der Waals surface area contributed by atoms with E-state index in [0.717, 1.165) is 23.7 Å². The maximum atomic E-state index is 6.00. The van der Waals surface area contributed by atoms with Crippen LogP contribution in [0.4, 0.5) is 17.3 Å². The van der Waals surface area contributed by atoms with Gasteiger partial charge in [0.15, 0.2) is 5.75 Å². The Labute approximate surface area is 147 Å². The zero-order chi connectivity index (χ0) is 16.8. The van der Waals surface area contributed by atoms with Gasteiger partial charge in [0, 0.05) is 11.6 Å². The van der Waals surface area contributed by atoms with Gasteiger partial charge < -0.3 is 9.15 Å². The Balaban J connectivity index is 1.78. The number of aryl methyl sites for hydroxylation is 1. The first-order chi connectivity index (χ1) is 12.3. The van der Waals surface area contributed by atoms with Crippen molar-refractivity contribution in [2.45, 2.75) is 39.2 Å². The van der Waals surface area contributed by atoms with Crippen LogP contribution in [0.15, 0.2) is 53.1 Å². The van der Waals surface area contributed by atoms with Gasteiger partial charge in [0.2, 0.25) is 5.88 Å². The standard InChI is InChI=1S/C22H21NO2/c1-15-10-11-20(18-8-4-3-7-17(15)18)23-19-9-5-2-6-16(19)14-25-21-12-13-24-22(21)23/h2,5-6,9-13H,3-4,7-8,14H2,1H3. The van der Waals surface area contributed by atoms with E-state index in [-0.39, 0.29) is 0 Å². The maximum absolute atomic E-state index is 6.00. The molecule has 0 N–H and O–H groups in total. The molecule has 0 atom stereocenters. The smallest absolute Gasteiger partial charge is 0.247 e. The fourth-order valence-corrected chi connectivity index (χ4v) is 4.16. The Morgan fingerprint density at radius 3 is 2.64 bits per heavy atom. The fraction of sp³-hybridized carbons (Fsp3) is 0.273. The Morgan fingerprint density at radius 1 is 0.880 bits per heavy atom. The fourth-order valence-electron chi connectivity index (χ4n) is 4.16. The number of benzene rings is 2. The molecule has 1 aromatic heterocycles. The Bertz CT molecular complexity index is 941. The highest BCUT2D eigenvalue weighted by molar-refractivity contribution is 5.82. The molecule has 0 radical (unpaired) electrons. The van der Waals surface area contributed by atoms with Crippen molar-refractivity contribution in [2.24, 2.45) is 0 Å². The lowest BCUT2D eigenvalue weighted by Crippen LogP contribution is -2.16. The third-order valence-corrected chi connectivity index (χ3v) is 5.41. The number of hydrogen-bond donors (Lipinski definition) is 0. The van der Waals surface area contributed by atoms with Crippen LogP contribution in [0.1, 0.15) is 35.1 Å². The third kappa shape index (κ3) is 2.26. The van der Waals surface area contributed by atoms with E-state index in [1.807, 2.05) is 6.07 Å². The summed E-state index contributed by atoms with van der Waals surface area (Å²) in [5, 5.41) is 0. The molecular weight excluding hydrogens is 310 g/mol. The highest BCUT2D eigenvalue weighted by Gasteiger charge is 2.29. The van der Waals surface area contributed by atoms with Gasteiger partial charge in [-0.15, -0.1) is 0 Å². The molecule has 126 valence electrons. The van der Waals surface area contributed by atoms with Gasteiger partial charge in [0.1, 0.15) is 6.61 Å². The van der Waals surface area contributed by atoms with E-state index in [2.05, 4.69) is 48.2 Å². The van der Waals surface area contributed by atoms with Gasteiger partial charge in [-0.1, -0.05) is 24.3 Å². The molecule has 3 nitrogen and oxygen atoms in total. The number of anilines is 3. The summed E-state index contributed by atoms with van der Waals surface area (Å²) in [5.41, 5.74) is 7.93. The second-order valence-corrected chi connectivity index (χ2v) is 6.91. The SMILES string of the molecule is Cc1ccc(N2c3ccccc3COc3ccoc32)c2c1CCCC2. The van der Waals surface area contributed by atoms with Crippen LogP contribution in [0.3, 0.4) is 0 Å². The maximum Gasteiger partial charge on any atom is 0.247 e. The highest BCUT2D eigenvalue weighted by Crippen LogP contribution is 2.47. The Morgan fingerprint density at radius 2 is 1.72 bits per heavy atom. The molecule has 0 fully saturated rings. The van der Waals surface area contributed by atoms with Crippen LogP contribution in [0.2, 0.25) is 0 Å². The van der Waals surface area contributed by atoms with E-state index >= 15 is 0 Å². The van der Waals surface area contributed by atoms with Crippen molar-refractivity contribution < 1.29 is 9.15 Å². The molecule has 2 heterocycles. The average Bonchev–Trinajstić information content (AvgIpc) is 3.06. The van der Waals surface area contributed by atoms with Gasteiger partial charge in [-0.05, 0) is 61.4 Å². The Hall–Kier alpha value is -2.68. The van der Waals surface area contributed by atoms with Crippen LogP contribution in [0, 0.1) is 6.92 Å². The number of hydrogen-bond acceptors (Lipinski definition) is 3. The number of fused-ring (bicyclic) bond motifs is 3. The average molecular weight is 331 g/mol. The molecule has 3 heteroatoms. The van der Waals surface area contributed by atoms with Crippen molar-refractivity contribution in [3.8, 4) is 5.75 Å². The summed E-state index contributed by atoms with van der Waals surface area (Å²) in [6.07, 6.45) is 6.55. The van der Waals surface area contributed by atoms with Crippen molar-refractivity contribution in [1.82, 2.24) is 0 Å². The normalized spacial score (nSPS) is 15.6. The summed E-state index contributed by atoms with van der Waals surface area (Å²) in [6.45, 7) is 2.79. The summed E-state index contributed by atoms with van der Waals surface area (Å²) in [5.74, 6) is 1.59. The zero-order valence-corrected chi connectivity index (χ0v) is 14.4. The van der Waals surface area contributed by atoms with E-state index in [1.165, 1.54) is 47.2 Å². The molecule has 0 bridgehead atoms. The molecule has 25 heavy (non-hydrogen) atoms. The predicted molar refractivity (Wildman–Crippen MR) is 99.1 cm³/mol. The van der Waals surface area contributed by atoms with Crippen LogP contribution in [-0.2, 0) is 19.4 Å². The van der Waals surface area contributed by atoms with Gasteiger partial charge in [-0.2, -0.15) is 0 Å². The topological polar surface area (TPSA) is 25.6 Å². The lowest BCUT2D eigenvalue weighted by molar-refractivity contribution is 0.308. The number of nitrogens with zero attached hydrogens (tertiary/aromatic N) is 1. The van der Waals surface area contributed by atoms with E-state index in [1.54, 1.807) is 6.26 Å². The zero-order valence-electron chi connectivity index (χ0n) is 14.4. The summed E-state index contributed by atoms with van der Waals surface area (Å²) < 4.78 is 11.9. The highest BCUT2D eigenvalue weighted by atomic mass is 16.5. The van der Waals surface area contributed by atoms with Crippen molar-refractivity contribution in [3.63, 3.8) is 0 Å². The minimum absolute atomic E-state index is 0.563. The number of rotatable bonds is 1. The van der Waals surface area contributed by atoms with E-state index in [9.17, 15) is 0 Å². The molecule has 0 saturated heterocycles. The van der Waals surface area contributed by atoms with Gasteiger partial charge in [0.25, 0.3) is 0 Å². The number of furan rings is 1. The van der Waals surface area contributed by atoms with Crippen molar-refractivity contribution in [3.05, 3.63) is 71.0 Å². The summed E-state index contributed by atoms with van der Waals surface area (Å²) in [6, 6.07) is 14.8. The lowest BCUT2D eigenvalue weighted by Gasteiger charge is -2.29.